The van der Waals surface area contributed by atoms with E-state index in [1.807, 2.05) is 0 Å². The molecule has 0 radical (unpaired) electrons. The van der Waals surface area contributed by atoms with Crippen LogP contribution in [0.2, 0.25) is 0 Å². The van der Waals surface area contributed by atoms with Crippen molar-refractivity contribution in [3.63, 3.8) is 0 Å². The molecule has 0 atom stereocenters. The minimum atomic E-state index is -4.71. The first-order valence-corrected chi connectivity index (χ1v) is 6.05. The first-order valence-electron chi connectivity index (χ1n) is 6.05. The van der Waals surface area contributed by atoms with Gasteiger partial charge in [-0.15, -0.1) is 13.2 Å². The summed E-state index contributed by atoms with van der Waals surface area (Å²) in [5.74, 6) is -0.176. The Hall–Kier alpha value is -1.56. The van der Waals surface area contributed by atoms with Crippen LogP contribution in [0, 0.1) is 0 Å². The second-order valence-electron chi connectivity index (χ2n) is 4.48. The Labute approximate surface area is 108 Å². The highest BCUT2D eigenvalue weighted by molar-refractivity contribution is 5.78. The Morgan fingerprint density at radius 3 is 2.53 bits per heavy atom. The van der Waals surface area contributed by atoms with E-state index in [-0.39, 0.29) is 11.7 Å². The van der Waals surface area contributed by atoms with Crippen LogP contribution in [0.3, 0.4) is 0 Å². The third-order valence-corrected chi connectivity index (χ3v) is 3.20. The van der Waals surface area contributed by atoms with E-state index in [2.05, 4.69) is 10.1 Å². The molecule has 6 heteroatoms. The Morgan fingerprint density at radius 2 is 1.95 bits per heavy atom. The van der Waals surface area contributed by atoms with Crippen molar-refractivity contribution in [1.29, 1.82) is 0 Å². The Kier molecular flexibility index (Phi) is 4.09. The van der Waals surface area contributed by atoms with E-state index in [4.69, 9.17) is 0 Å². The molecule has 0 amide bonds. The fourth-order valence-electron chi connectivity index (χ4n) is 2.34. The average Bonchev–Trinajstić information content (AvgIpc) is 2.38. The number of ether oxygens (including phenoxy) is 1. The molecule has 104 valence electrons. The summed E-state index contributed by atoms with van der Waals surface area (Å²) in [4.78, 5) is 11.0. The zero-order valence-corrected chi connectivity index (χ0v) is 10.2. The number of aldehydes is 1. The first-order chi connectivity index (χ1) is 8.99. The molecule has 19 heavy (non-hydrogen) atoms. The molecule has 3 nitrogen and oxygen atoms in total. The second kappa shape index (κ2) is 5.61. The van der Waals surface area contributed by atoms with Crippen LogP contribution in [0.25, 0.3) is 0 Å². The van der Waals surface area contributed by atoms with Gasteiger partial charge in [0, 0.05) is 5.56 Å². The minimum Gasteiger partial charge on any atom is -0.406 e. The van der Waals surface area contributed by atoms with Gasteiger partial charge in [0.15, 0.2) is 0 Å². The summed E-state index contributed by atoms with van der Waals surface area (Å²) in [7, 11) is 0. The van der Waals surface area contributed by atoms with Crippen LogP contribution in [0.4, 0.5) is 13.2 Å². The van der Waals surface area contributed by atoms with Gasteiger partial charge in [-0.2, -0.15) is 0 Å². The van der Waals surface area contributed by atoms with Crippen LogP contribution in [-0.2, 0) is 0 Å². The molecule has 2 rings (SSSR count). The van der Waals surface area contributed by atoms with E-state index in [9.17, 15) is 18.0 Å². The maximum absolute atomic E-state index is 12.2. The number of halogens is 3. The monoisotopic (exact) mass is 273 g/mol. The number of hydrogen-bond donors (Lipinski definition) is 1. The molecule has 1 aromatic rings. The molecule has 1 aliphatic rings. The highest BCUT2D eigenvalue weighted by Crippen LogP contribution is 2.32. The second-order valence-corrected chi connectivity index (χ2v) is 4.48. The molecule has 1 fully saturated rings. The molecule has 1 heterocycles. The lowest BCUT2D eigenvalue weighted by Gasteiger charge is -2.24. The molecule has 1 aromatic carbocycles. The van der Waals surface area contributed by atoms with Crippen LogP contribution < -0.4 is 10.1 Å². The van der Waals surface area contributed by atoms with E-state index in [0.29, 0.717) is 17.4 Å². The van der Waals surface area contributed by atoms with Crippen molar-refractivity contribution in [3.8, 4) is 5.75 Å². The van der Waals surface area contributed by atoms with Crippen LogP contribution in [0.1, 0.15) is 34.7 Å². The Balaban J connectivity index is 2.27. The number of piperidine rings is 1. The topological polar surface area (TPSA) is 38.3 Å². The number of rotatable bonds is 3. The van der Waals surface area contributed by atoms with E-state index >= 15 is 0 Å². The van der Waals surface area contributed by atoms with Gasteiger partial charge in [0.1, 0.15) is 12.0 Å². The molecule has 0 spiro atoms. The van der Waals surface area contributed by atoms with Crippen molar-refractivity contribution in [2.24, 2.45) is 0 Å². The fraction of sp³-hybridized carbons (Fsp3) is 0.462. The molecule has 0 saturated carbocycles. The van der Waals surface area contributed by atoms with Crippen molar-refractivity contribution >= 4 is 6.29 Å². The van der Waals surface area contributed by atoms with Crippen LogP contribution in [0.15, 0.2) is 18.2 Å². The lowest BCUT2D eigenvalue weighted by Crippen LogP contribution is -2.27. The number of nitrogens with one attached hydrogen (secondary N) is 1. The third kappa shape index (κ3) is 3.70. The van der Waals surface area contributed by atoms with Crippen molar-refractivity contribution < 1.29 is 22.7 Å². The maximum atomic E-state index is 12.2. The fourth-order valence-corrected chi connectivity index (χ4v) is 2.34. The summed E-state index contributed by atoms with van der Waals surface area (Å²) < 4.78 is 40.5. The van der Waals surface area contributed by atoms with Crippen molar-refractivity contribution in [3.05, 3.63) is 29.3 Å². The van der Waals surface area contributed by atoms with Gasteiger partial charge in [-0.25, -0.2) is 0 Å². The van der Waals surface area contributed by atoms with Gasteiger partial charge in [0.25, 0.3) is 0 Å². The summed E-state index contributed by atoms with van der Waals surface area (Å²) in [5, 5.41) is 3.18. The average molecular weight is 273 g/mol. The predicted molar refractivity (Wildman–Crippen MR) is 63.4 cm³/mol. The van der Waals surface area contributed by atoms with Gasteiger partial charge in [-0.1, -0.05) is 0 Å². The number of carbonyl (C=O) groups is 1. The van der Waals surface area contributed by atoms with Crippen molar-refractivity contribution in [2.45, 2.75) is 25.1 Å². The minimum absolute atomic E-state index is 0.0956. The van der Waals surface area contributed by atoms with Gasteiger partial charge in [-0.05, 0) is 55.6 Å². The van der Waals surface area contributed by atoms with Gasteiger partial charge < -0.3 is 10.1 Å². The summed E-state index contributed by atoms with van der Waals surface area (Å²) >= 11 is 0. The van der Waals surface area contributed by atoms with E-state index < -0.39 is 6.36 Å². The molecule has 0 aromatic heterocycles. The van der Waals surface area contributed by atoms with E-state index in [0.717, 1.165) is 25.9 Å². The van der Waals surface area contributed by atoms with Crippen molar-refractivity contribution in [2.75, 3.05) is 13.1 Å². The lowest BCUT2D eigenvalue weighted by atomic mass is 9.87. The maximum Gasteiger partial charge on any atom is 0.573 e. The number of carbonyl (C=O) groups excluding carboxylic acids is 1. The van der Waals surface area contributed by atoms with E-state index in [1.165, 1.54) is 18.2 Å². The molecule has 0 bridgehead atoms. The number of benzene rings is 1. The van der Waals surface area contributed by atoms with Crippen LogP contribution >= 0.6 is 0 Å². The summed E-state index contributed by atoms with van der Waals surface area (Å²) in [6.45, 7) is 1.60. The molecule has 1 saturated heterocycles. The normalized spacial score (nSPS) is 17.2. The molecule has 1 N–H and O–H groups in total. The number of hydrogen-bond acceptors (Lipinski definition) is 3. The predicted octanol–water partition coefficient (Wildman–Crippen LogP) is 2.86. The zero-order valence-electron chi connectivity index (χ0n) is 10.2. The van der Waals surface area contributed by atoms with E-state index in [1.54, 1.807) is 0 Å². The summed E-state index contributed by atoms with van der Waals surface area (Å²) in [5.41, 5.74) is 1.07. The Bertz CT molecular complexity index is 454. The zero-order chi connectivity index (χ0) is 13.9. The third-order valence-electron chi connectivity index (χ3n) is 3.20. The number of alkyl halides is 3. The van der Waals surface area contributed by atoms with Gasteiger partial charge in [-0.3, -0.25) is 4.79 Å². The SMILES string of the molecule is O=Cc1ccc(OC(F)(F)F)cc1C1CCNCC1. The summed E-state index contributed by atoms with van der Waals surface area (Å²) in [6, 6.07) is 3.88. The quantitative estimate of drug-likeness (QED) is 0.861. The Morgan fingerprint density at radius 1 is 1.26 bits per heavy atom. The smallest absolute Gasteiger partial charge is 0.406 e. The molecule has 0 unspecified atom stereocenters. The van der Waals surface area contributed by atoms with Crippen molar-refractivity contribution in [1.82, 2.24) is 5.32 Å². The largest absolute Gasteiger partial charge is 0.573 e. The van der Waals surface area contributed by atoms with Crippen LogP contribution in [0.5, 0.6) is 5.75 Å². The highest BCUT2D eigenvalue weighted by atomic mass is 19.4. The summed E-state index contributed by atoms with van der Waals surface area (Å²) in [6.07, 6.45) is -2.44. The molecule has 1 aliphatic heterocycles. The molecule has 0 aliphatic carbocycles. The molecular formula is C13H14F3NO2. The van der Waals surface area contributed by atoms with Gasteiger partial charge in [0.05, 0.1) is 0 Å². The first kappa shape index (κ1) is 13.9. The highest BCUT2D eigenvalue weighted by Gasteiger charge is 2.31. The van der Waals surface area contributed by atoms with Gasteiger partial charge in [0.2, 0.25) is 0 Å². The molecular weight excluding hydrogens is 259 g/mol. The van der Waals surface area contributed by atoms with Gasteiger partial charge >= 0.3 is 6.36 Å². The standard InChI is InChI=1S/C13H14F3NO2/c14-13(15,16)19-11-2-1-10(8-18)12(7-11)9-3-5-17-6-4-9/h1-2,7-9,17H,3-6H2. The lowest BCUT2D eigenvalue weighted by molar-refractivity contribution is -0.274. The van der Waals surface area contributed by atoms with Crippen LogP contribution in [-0.4, -0.2) is 25.7 Å².